The van der Waals surface area contributed by atoms with Crippen LogP contribution in [0.15, 0.2) is 60.9 Å². The highest BCUT2D eigenvalue weighted by atomic mass is 32.2. The first-order valence-electron chi connectivity index (χ1n) is 9.80. The van der Waals surface area contributed by atoms with Crippen LogP contribution in [0.3, 0.4) is 0 Å². The third-order valence-electron chi connectivity index (χ3n) is 5.09. The maximum absolute atomic E-state index is 12.5. The molecule has 0 aliphatic heterocycles. The Labute approximate surface area is 180 Å². The Morgan fingerprint density at radius 2 is 1.65 bits per heavy atom. The molecule has 162 valence electrons. The number of nitrogens with one attached hydrogen (secondary N) is 2. The van der Waals surface area contributed by atoms with Crippen molar-refractivity contribution >= 4 is 43.4 Å². The van der Waals surface area contributed by atoms with Gasteiger partial charge in [-0.1, -0.05) is 12.1 Å². The molecule has 0 bridgehead atoms. The number of aromatic nitrogens is 2. The van der Waals surface area contributed by atoms with Crippen molar-refractivity contribution in [3.8, 4) is 5.75 Å². The van der Waals surface area contributed by atoms with Gasteiger partial charge in [-0.2, -0.15) is 0 Å². The van der Waals surface area contributed by atoms with E-state index >= 15 is 0 Å². The number of rotatable bonds is 8. The van der Waals surface area contributed by atoms with E-state index in [1.54, 1.807) is 36.1 Å². The molecule has 0 aliphatic carbocycles. The van der Waals surface area contributed by atoms with E-state index in [-0.39, 0.29) is 12.5 Å². The number of carbonyl (C=O) groups is 1. The quantitative estimate of drug-likeness (QED) is 0.441. The average molecular weight is 441 g/mol. The van der Waals surface area contributed by atoms with Gasteiger partial charge in [-0.15, -0.1) is 0 Å². The summed E-state index contributed by atoms with van der Waals surface area (Å²) in [5.41, 5.74) is 2.33. The number of ether oxygens (including phenoxy) is 1. The SMILES string of the molecule is COc1cccc2c1ccn2CCNC(=O)Cn1ccc2c(NS(C)(=O)=O)cccc21. The Morgan fingerprint density at radius 3 is 2.39 bits per heavy atom. The summed E-state index contributed by atoms with van der Waals surface area (Å²) in [6.45, 7) is 1.27. The van der Waals surface area contributed by atoms with Crippen molar-refractivity contribution in [2.75, 3.05) is 24.6 Å². The number of benzene rings is 2. The van der Waals surface area contributed by atoms with Gasteiger partial charge in [-0.25, -0.2) is 8.42 Å². The predicted octanol–water partition coefficient (Wildman–Crippen LogP) is 2.79. The second kappa shape index (κ2) is 8.35. The molecule has 1 amide bonds. The van der Waals surface area contributed by atoms with Crippen molar-refractivity contribution in [1.82, 2.24) is 14.5 Å². The summed E-state index contributed by atoms with van der Waals surface area (Å²) in [4.78, 5) is 12.5. The first kappa shape index (κ1) is 20.8. The molecule has 0 saturated heterocycles. The van der Waals surface area contributed by atoms with Gasteiger partial charge >= 0.3 is 0 Å². The van der Waals surface area contributed by atoms with Crippen LogP contribution in [0.1, 0.15) is 0 Å². The zero-order valence-electron chi connectivity index (χ0n) is 17.3. The summed E-state index contributed by atoms with van der Waals surface area (Å²) in [5, 5.41) is 4.73. The number of fused-ring (bicyclic) bond motifs is 2. The van der Waals surface area contributed by atoms with E-state index < -0.39 is 10.0 Å². The van der Waals surface area contributed by atoms with Crippen molar-refractivity contribution in [3.63, 3.8) is 0 Å². The van der Waals surface area contributed by atoms with Gasteiger partial charge in [0.25, 0.3) is 0 Å². The Hall–Kier alpha value is -3.46. The third kappa shape index (κ3) is 4.51. The highest BCUT2D eigenvalue weighted by Crippen LogP contribution is 2.26. The molecule has 0 radical (unpaired) electrons. The zero-order chi connectivity index (χ0) is 22.0. The molecule has 0 spiro atoms. The standard InChI is InChI=1S/C22H24N4O4S/c1-30-21-8-4-7-20-17(21)10-12-25(20)14-11-23-22(27)15-26-13-9-16-18(24-31(2,28)29)5-3-6-19(16)26/h3-10,12-13,24H,11,14-15H2,1-2H3,(H,23,27). The molecule has 0 saturated carbocycles. The normalized spacial score (nSPS) is 11.7. The van der Waals surface area contributed by atoms with Gasteiger partial charge in [-0.05, 0) is 36.4 Å². The summed E-state index contributed by atoms with van der Waals surface area (Å²) in [7, 11) is -1.73. The van der Waals surface area contributed by atoms with Gasteiger partial charge in [0.05, 0.1) is 30.1 Å². The highest BCUT2D eigenvalue weighted by molar-refractivity contribution is 7.92. The number of anilines is 1. The minimum atomic E-state index is -3.38. The molecule has 9 heteroatoms. The van der Waals surface area contributed by atoms with Crippen LogP contribution in [0.2, 0.25) is 0 Å². The predicted molar refractivity (Wildman–Crippen MR) is 122 cm³/mol. The van der Waals surface area contributed by atoms with E-state index in [2.05, 4.69) is 14.6 Å². The zero-order valence-corrected chi connectivity index (χ0v) is 18.1. The molecular formula is C22H24N4O4S. The third-order valence-corrected chi connectivity index (χ3v) is 5.68. The number of amides is 1. The average Bonchev–Trinajstić information content (AvgIpc) is 3.32. The molecule has 2 aromatic heterocycles. The Morgan fingerprint density at radius 1 is 0.968 bits per heavy atom. The molecule has 2 N–H and O–H groups in total. The molecule has 4 aromatic rings. The molecule has 2 aromatic carbocycles. The fourth-order valence-corrected chi connectivity index (χ4v) is 4.32. The van der Waals surface area contributed by atoms with Crippen molar-refractivity contribution in [2.45, 2.75) is 13.1 Å². The van der Waals surface area contributed by atoms with E-state index in [4.69, 9.17) is 4.74 Å². The first-order valence-corrected chi connectivity index (χ1v) is 11.7. The van der Waals surface area contributed by atoms with Crippen LogP contribution >= 0.6 is 0 Å². The minimum Gasteiger partial charge on any atom is -0.496 e. The number of hydrogen-bond donors (Lipinski definition) is 2. The van der Waals surface area contributed by atoms with E-state index in [1.807, 2.05) is 36.5 Å². The molecule has 2 heterocycles. The van der Waals surface area contributed by atoms with Gasteiger partial charge in [-0.3, -0.25) is 9.52 Å². The van der Waals surface area contributed by atoms with E-state index in [1.165, 1.54) is 0 Å². The Bertz CT molecular complexity index is 1350. The fraction of sp³-hybridized carbons (Fsp3) is 0.227. The summed E-state index contributed by atoms with van der Waals surface area (Å²) in [6, 6.07) is 15.0. The number of methoxy groups -OCH3 is 1. The number of nitrogens with zero attached hydrogens (tertiary/aromatic N) is 2. The van der Waals surface area contributed by atoms with Gasteiger partial charge in [0.15, 0.2) is 0 Å². The smallest absolute Gasteiger partial charge is 0.240 e. The molecule has 0 atom stereocenters. The van der Waals surface area contributed by atoms with Crippen LogP contribution in [0.4, 0.5) is 5.69 Å². The monoisotopic (exact) mass is 440 g/mol. The lowest BCUT2D eigenvalue weighted by molar-refractivity contribution is -0.121. The van der Waals surface area contributed by atoms with Crippen LogP contribution in [0.25, 0.3) is 21.8 Å². The van der Waals surface area contributed by atoms with Gasteiger partial charge in [0.1, 0.15) is 12.3 Å². The molecule has 31 heavy (non-hydrogen) atoms. The van der Waals surface area contributed by atoms with Crippen molar-refractivity contribution in [1.29, 1.82) is 0 Å². The topological polar surface area (TPSA) is 94.4 Å². The molecule has 8 nitrogen and oxygen atoms in total. The Kier molecular flexibility index (Phi) is 5.60. The van der Waals surface area contributed by atoms with E-state index in [0.717, 1.165) is 33.8 Å². The summed E-state index contributed by atoms with van der Waals surface area (Å²) >= 11 is 0. The van der Waals surface area contributed by atoms with Crippen LogP contribution in [0, 0.1) is 0 Å². The number of hydrogen-bond acceptors (Lipinski definition) is 4. The van der Waals surface area contributed by atoms with Gasteiger partial charge in [0, 0.05) is 36.3 Å². The minimum absolute atomic E-state index is 0.118. The maximum Gasteiger partial charge on any atom is 0.240 e. The number of sulfonamides is 1. The Balaban J connectivity index is 1.41. The maximum atomic E-state index is 12.5. The molecule has 4 rings (SSSR count). The van der Waals surface area contributed by atoms with Crippen LogP contribution in [-0.4, -0.2) is 43.4 Å². The lowest BCUT2D eigenvalue weighted by Gasteiger charge is -2.10. The van der Waals surface area contributed by atoms with Gasteiger partial charge in [0.2, 0.25) is 15.9 Å². The van der Waals surface area contributed by atoms with Crippen LogP contribution in [-0.2, 0) is 27.9 Å². The highest BCUT2D eigenvalue weighted by Gasteiger charge is 2.11. The first-order chi connectivity index (χ1) is 14.9. The molecular weight excluding hydrogens is 416 g/mol. The lowest BCUT2D eigenvalue weighted by Crippen LogP contribution is -2.30. The van der Waals surface area contributed by atoms with Crippen molar-refractivity contribution in [2.24, 2.45) is 0 Å². The van der Waals surface area contributed by atoms with Crippen molar-refractivity contribution in [3.05, 3.63) is 60.9 Å². The molecule has 0 aliphatic rings. The second-order valence-electron chi connectivity index (χ2n) is 7.31. The molecule has 0 unspecified atom stereocenters. The molecule has 0 fully saturated rings. The van der Waals surface area contributed by atoms with E-state index in [9.17, 15) is 13.2 Å². The van der Waals surface area contributed by atoms with Crippen LogP contribution < -0.4 is 14.8 Å². The van der Waals surface area contributed by atoms with E-state index in [0.29, 0.717) is 18.8 Å². The summed E-state index contributed by atoms with van der Waals surface area (Å²) < 4.78 is 34.9. The fourth-order valence-electron chi connectivity index (χ4n) is 3.74. The summed E-state index contributed by atoms with van der Waals surface area (Å²) in [5.74, 6) is 0.706. The second-order valence-corrected chi connectivity index (χ2v) is 9.06. The lowest BCUT2D eigenvalue weighted by atomic mass is 10.2. The summed E-state index contributed by atoms with van der Waals surface area (Å²) in [6.07, 6.45) is 4.87. The largest absolute Gasteiger partial charge is 0.496 e. The number of carbonyl (C=O) groups excluding carboxylic acids is 1. The van der Waals surface area contributed by atoms with Crippen molar-refractivity contribution < 1.29 is 17.9 Å². The van der Waals surface area contributed by atoms with Crippen LogP contribution in [0.5, 0.6) is 5.75 Å². The van der Waals surface area contributed by atoms with Gasteiger partial charge < -0.3 is 19.2 Å².